The number of ketones is 2. The summed E-state index contributed by atoms with van der Waals surface area (Å²) in [5.74, 6) is 0.827. The molecule has 1 aliphatic heterocycles. The van der Waals surface area contributed by atoms with Crippen LogP contribution in [0.5, 0.6) is 5.75 Å². The molecule has 0 fully saturated rings. The molecule has 2 aromatic carbocycles. The van der Waals surface area contributed by atoms with Gasteiger partial charge in [-0.15, -0.1) is 0 Å². The molecule has 0 amide bonds. The summed E-state index contributed by atoms with van der Waals surface area (Å²) in [6, 6.07) is 13.4. The van der Waals surface area contributed by atoms with Gasteiger partial charge in [0.15, 0.2) is 11.6 Å². The number of hydrogen-bond donors (Lipinski definition) is 0. The molecule has 1 aliphatic carbocycles. The van der Waals surface area contributed by atoms with Crippen molar-refractivity contribution in [2.75, 3.05) is 7.11 Å². The average Bonchev–Trinajstić information content (AvgIpc) is 2.77. The van der Waals surface area contributed by atoms with Gasteiger partial charge in [-0.05, 0) is 61.6 Å². The lowest BCUT2D eigenvalue weighted by molar-refractivity contribution is -0.114. The molecule has 31 heavy (non-hydrogen) atoms. The molecule has 4 rings (SSSR count). The van der Waals surface area contributed by atoms with Crippen molar-refractivity contribution < 1.29 is 14.3 Å². The predicted octanol–water partition coefficient (Wildman–Crippen LogP) is 5.60. The van der Waals surface area contributed by atoms with Crippen molar-refractivity contribution in [3.05, 3.63) is 88.2 Å². The van der Waals surface area contributed by atoms with E-state index in [1.807, 2.05) is 65.8 Å². The number of Topliss-reactive ketones (excluding diaryl/α,β-unsaturated/α-hetero) is 2. The number of carbonyl (C=O) groups excluding carboxylic acids is 2. The Morgan fingerprint density at radius 3 is 2.77 bits per heavy atom. The highest BCUT2D eigenvalue weighted by Crippen LogP contribution is 2.35. The van der Waals surface area contributed by atoms with Gasteiger partial charge in [-0.3, -0.25) is 9.59 Å². The first-order chi connectivity index (χ1) is 15.0. The molecule has 0 saturated heterocycles. The minimum atomic E-state index is -0.0894. The van der Waals surface area contributed by atoms with Crippen LogP contribution >= 0.6 is 11.6 Å². The van der Waals surface area contributed by atoms with Crippen LogP contribution in [-0.4, -0.2) is 23.6 Å². The van der Waals surface area contributed by atoms with Crippen LogP contribution < -0.4 is 4.74 Å². The van der Waals surface area contributed by atoms with Crippen molar-refractivity contribution in [3.8, 4) is 5.75 Å². The number of nitrogens with zero attached hydrogens (tertiary/aromatic N) is 1. The number of allylic oxidation sites excluding steroid dienone is 2. The maximum absolute atomic E-state index is 13.1. The summed E-state index contributed by atoms with van der Waals surface area (Å²) >= 11 is 6.29. The number of carbonyl (C=O) groups is 2. The number of ether oxygens (including phenoxy) is 1. The zero-order valence-electron chi connectivity index (χ0n) is 17.8. The standard InChI is InChI=1S/C26H26ClNO3/c1-17(29)24-16-28(15-21-5-3-4-6-25(21)27)12-11-19(24)13-20-8-7-18-14-22(31-2)9-10-23(18)26(20)30/h3-6,9-12,14,16,19-20H,7-8,13,15H2,1-2H3. The summed E-state index contributed by atoms with van der Waals surface area (Å²) in [5, 5.41) is 0.707. The van der Waals surface area contributed by atoms with Crippen LogP contribution in [0.25, 0.3) is 0 Å². The van der Waals surface area contributed by atoms with Crippen LogP contribution in [0.15, 0.2) is 66.5 Å². The van der Waals surface area contributed by atoms with E-state index in [-0.39, 0.29) is 23.4 Å². The Labute approximate surface area is 188 Å². The Morgan fingerprint density at radius 1 is 1.23 bits per heavy atom. The van der Waals surface area contributed by atoms with E-state index in [1.165, 1.54) is 0 Å². The molecule has 0 saturated carbocycles. The fraction of sp³-hybridized carbons (Fsp3) is 0.308. The van der Waals surface area contributed by atoms with Crippen LogP contribution in [0.4, 0.5) is 0 Å². The normalized spacial score (nSPS) is 20.3. The smallest absolute Gasteiger partial charge is 0.166 e. The molecule has 0 aromatic heterocycles. The highest BCUT2D eigenvalue weighted by molar-refractivity contribution is 6.31. The summed E-state index contributed by atoms with van der Waals surface area (Å²) in [5.41, 5.74) is 3.57. The van der Waals surface area contributed by atoms with Crippen LogP contribution in [0, 0.1) is 11.8 Å². The first kappa shape index (κ1) is 21.4. The second kappa shape index (κ2) is 9.11. The molecule has 0 radical (unpaired) electrons. The molecule has 2 unspecified atom stereocenters. The third-order valence-corrected chi connectivity index (χ3v) is 6.55. The quantitative estimate of drug-likeness (QED) is 0.592. The minimum Gasteiger partial charge on any atom is -0.497 e. The maximum atomic E-state index is 13.1. The van der Waals surface area contributed by atoms with Gasteiger partial charge >= 0.3 is 0 Å². The topological polar surface area (TPSA) is 46.6 Å². The molecule has 5 heteroatoms. The van der Waals surface area contributed by atoms with Crippen molar-refractivity contribution in [3.63, 3.8) is 0 Å². The van der Waals surface area contributed by atoms with Gasteiger partial charge in [0.1, 0.15) is 5.75 Å². The highest BCUT2D eigenvalue weighted by atomic mass is 35.5. The molecule has 0 N–H and O–H groups in total. The summed E-state index contributed by atoms with van der Waals surface area (Å²) in [6.45, 7) is 2.19. The average molecular weight is 436 g/mol. The van der Waals surface area contributed by atoms with Gasteiger partial charge in [0.2, 0.25) is 0 Å². The maximum Gasteiger partial charge on any atom is 0.166 e. The lowest BCUT2D eigenvalue weighted by atomic mass is 9.76. The number of benzene rings is 2. The van der Waals surface area contributed by atoms with E-state index in [1.54, 1.807) is 14.0 Å². The minimum absolute atomic E-state index is 0.0342. The van der Waals surface area contributed by atoms with Gasteiger partial charge in [0.05, 0.1) is 7.11 Å². The van der Waals surface area contributed by atoms with Gasteiger partial charge in [-0.1, -0.05) is 35.9 Å². The summed E-state index contributed by atoms with van der Waals surface area (Å²) in [4.78, 5) is 27.5. The van der Waals surface area contributed by atoms with Gasteiger partial charge in [-0.2, -0.15) is 0 Å². The fourth-order valence-electron chi connectivity index (χ4n) is 4.47. The highest BCUT2D eigenvalue weighted by Gasteiger charge is 2.32. The number of hydrogen-bond acceptors (Lipinski definition) is 4. The molecule has 0 spiro atoms. The van der Waals surface area contributed by atoms with E-state index in [2.05, 4.69) is 0 Å². The molecular weight excluding hydrogens is 410 g/mol. The summed E-state index contributed by atoms with van der Waals surface area (Å²) in [7, 11) is 1.63. The van der Waals surface area contributed by atoms with Gasteiger partial charge in [-0.25, -0.2) is 0 Å². The molecular formula is C26H26ClNO3. The molecule has 2 aliphatic rings. The van der Waals surface area contributed by atoms with E-state index in [0.717, 1.165) is 40.9 Å². The van der Waals surface area contributed by atoms with E-state index in [0.29, 0.717) is 18.0 Å². The first-order valence-corrected chi connectivity index (χ1v) is 11.0. The zero-order chi connectivity index (χ0) is 22.0. The van der Waals surface area contributed by atoms with Crippen molar-refractivity contribution in [2.24, 2.45) is 11.8 Å². The lowest BCUT2D eigenvalue weighted by Gasteiger charge is -2.30. The Morgan fingerprint density at radius 2 is 2.03 bits per heavy atom. The largest absolute Gasteiger partial charge is 0.497 e. The fourth-order valence-corrected chi connectivity index (χ4v) is 4.67. The van der Waals surface area contributed by atoms with Gasteiger partial charge in [0, 0.05) is 46.9 Å². The van der Waals surface area contributed by atoms with Crippen molar-refractivity contribution in [1.82, 2.24) is 4.90 Å². The SMILES string of the molecule is COc1ccc2c(c1)CCC(CC1C=CN(Cc3ccccc3Cl)C=C1C(C)=O)C2=O. The number of methoxy groups -OCH3 is 1. The van der Waals surface area contributed by atoms with E-state index >= 15 is 0 Å². The Balaban J connectivity index is 1.49. The van der Waals surface area contributed by atoms with Gasteiger partial charge < -0.3 is 9.64 Å². The lowest BCUT2D eigenvalue weighted by Crippen LogP contribution is -2.28. The molecule has 160 valence electrons. The van der Waals surface area contributed by atoms with Crippen LogP contribution in [0.3, 0.4) is 0 Å². The second-order valence-electron chi connectivity index (χ2n) is 8.21. The number of rotatable bonds is 6. The van der Waals surface area contributed by atoms with Crippen LogP contribution in [0.2, 0.25) is 5.02 Å². The summed E-state index contributed by atoms with van der Waals surface area (Å²) in [6.07, 6.45) is 8.22. The zero-order valence-corrected chi connectivity index (χ0v) is 18.6. The Kier molecular flexibility index (Phi) is 6.28. The van der Waals surface area contributed by atoms with Crippen molar-refractivity contribution in [1.29, 1.82) is 0 Å². The monoisotopic (exact) mass is 435 g/mol. The van der Waals surface area contributed by atoms with E-state index < -0.39 is 0 Å². The molecule has 0 bridgehead atoms. The Hall–Kier alpha value is -2.85. The third kappa shape index (κ3) is 4.59. The third-order valence-electron chi connectivity index (χ3n) is 6.18. The first-order valence-electron chi connectivity index (χ1n) is 10.6. The molecule has 2 atom stereocenters. The molecule has 4 nitrogen and oxygen atoms in total. The van der Waals surface area contributed by atoms with Crippen molar-refractivity contribution in [2.45, 2.75) is 32.7 Å². The van der Waals surface area contributed by atoms with E-state index in [9.17, 15) is 9.59 Å². The summed E-state index contributed by atoms with van der Waals surface area (Å²) < 4.78 is 5.29. The predicted molar refractivity (Wildman–Crippen MR) is 122 cm³/mol. The molecule has 1 heterocycles. The molecule has 2 aromatic rings. The van der Waals surface area contributed by atoms with Crippen LogP contribution in [-0.2, 0) is 17.8 Å². The van der Waals surface area contributed by atoms with E-state index in [4.69, 9.17) is 16.3 Å². The van der Waals surface area contributed by atoms with Crippen LogP contribution in [0.1, 0.15) is 41.3 Å². The van der Waals surface area contributed by atoms with Gasteiger partial charge in [0.25, 0.3) is 0 Å². The Bertz CT molecular complexity index is 1070. The second-order valence-corrected chi connectivity index (χ2v) is 8.62. The number of halogens is 1. The number of fused-ring (bicyclic) bond motifs is 1. The number of aryl methyl sites for hydroxylation is 1. The van der Waals surface area contributed by atoms with Crippen molar-refractivity contribution >= 4 is 23.2 Å².